The van der Waals surface area contributed by atoms with Crippen LogP contribution in [0.3, 0.4) is 0 Å². The number of rotatable bonds is 5. The topological polar surface area (TPSA) is 29.9 Å². The normalized spacial score (nSPS) is 10.8. The van der Waals surface area contributed by atoms with Crippen molar-refractivity contribution >= 4 is 17.2 Å². The maximum atomic E-state index is 12.8. The maximum absolute atomic E-state index is 12.8. The zero-order valence-electron chi connectivity index (χ0n) is 10.0. The molecule has 0 fully saturated rings. The summed E-state index contributed by atoms with van der Waals surface area (Å²) in [6, 6.07) is 5.30. The molecule has 2 aromatic rings. The molecular weight excluding hydrogens is 237 g/mol. The highest BCUT2D eigenvalue weighted by molar-refractivity contribution is 7.10. The monoisotopic (exact) mass is 253 g/mol. The first kappa shape index (κ1) is 12.1. The first-order valence-corrected chi connectivity index (χ1v) is 6.53. The summed E-state index contributed by atoms with van der Waals surface area (Å²) < 4.78 is 14.8. The third-order valence-corrected chi connectivity index (χ3v) is 3.36. The molecule has 0 aliphatic heterocycles. The molecule has 0 spiro atoms. The van der Waals surface area contributed by atoms with Gasteiger partial charge >= 0.3 is 0 Å². The highest BCUT2D eigenvalue weighted by Crippen LogP contribution is 2.16. The number of anilines is 1. The SMILES string of the molecule is CCCn1nc(NCc2ccc(F)s2)cc1C. The summed E-state index contributed by atoms with van der Waals surface area (Å²) in [7, 11) is 0. The number of nitrogens with zero attached hydrogens (tertiary/aromatic N) is 2. The van der Waals surface area contributed by atoms with Crippen LogP contribution in [0.4, 0.5) is 10.2 Å². The van der Waals surface area contributed by atoms with Gasteiger partial charge in [0.05, 0.1) is 6.54 Å². The number of aromatic nitrogens is 2. The van der Waals surface area contributed by atoms with Crippen molar-refractivity contribution in [2.75, 3.05) is 5.32 Å². The zero-order valence-corrected chi connectivity index (χ0v) is 10.9. The zero-order chi connectivity index (χ0) is 12.3. The summed E-state index contributed by atoms with van der Waals surface area (Å²) in [6.45, 7) is 5.72. The molecule has 0 aliphatic carbocycles. The smallest absolute Gasteiger partial charge is 0.176 e. The Morgan fingerprint density at radius 1 is 1.47 bits per heavy atom. The molecule has 5 heteroatoms. The van der Waals surface area contributed by atoms with E-state index < -0.39 is 0 Å². The fourth-order valence-electron chi connectivity index (χ4n) is 1.66. The van der Waals surface area contributed by atoms with Crippen LogP contribution in [-0.4, -0.2) is 9.78 Å². The summed E-state index contributed by atoms with van der Waals surface area (Å²) in [6.07, 6.45) is 1.07. The van der Waals surface area contributed by atoms with E-state index in [2.05, 4.69) is 17.3 Å². The molecule has 1 N–H and O–H groups in total. The molecule has 0 amide bonds. The number of thiophene rings is 1. The van der Waals surface area contributed by atoms with E-state index in [0.29, 0.717) is 6.54 Å². The lowest BCUT2D eigenvalue weighted by molar-refractivity contribution is 0.588. The minimum atomic E-state index is -0.144. The van der Waals surface area contributed by atoms with Gasteiger partial charge in [0.15, 0.2) is 5.13 Å². The van der Waals surface area contributed by atoms with Crippen molar-refractivity contribution in [3.05, 3.63) is 33.9 Å². The number of hydrogen-bond donors (Lipinski definition) is 1. The van der Waals surface area contributed by atoms with Crippen LogP contribution < -0.4 is 5.32 Å². The number of nitrogens with one attached hydrogen (secondary N) is 1. The number of halogens is 1. The molecule has 17 heavy (non-hydrogen) atoms. The first-order chi connectivity index (χ1) is 8.19. The standard InChI is InChI=1S/C12H16FN3S/c1-3-6-16-9(2)7-12(15-16)14-8-10-4-5-11(13)17-10/h4-5,7H,3,6,8H2,1-2H3,(H,14,15). The van der Waals surface area contributed by atoms with E-state index in [0.717, 1.165) is 40.7 Å². The van der Waals surface area contributed by atoms with Gasteiger partial charge in [-0.1, -0.05) is 6.92 Å². The van der Waals surface area contributed by atoms with Crippen LogP contribution in [0.15, 0.2) is 18.2 Å². The van der Waals surface area contributed by atoms with Crippen molar-refractivity contribution in [3.63, 3.8) is 0 Å². The van der Waals surface area contributed by atoms with Crippen molar-refractivity contribution in [2.24, 2.45) is 0 Å². The van der Waals surface area contributed by atoms with Crippen LogP contribution in [0, 0.1) is 12.1 Å². The van der Waals surface area contributed by atoms with Gasteiger partial charge in [0.1, 0.15) is 5.82 Å². The average molecular weight is 253 g/mol. The molecule has 0 unspecified atom stereocenters. The van der Waals surface area contributed by atoms with E-state index in [-0.39, 0.29) is 5.13 Å². The van der Waals surface area contributed by atoms with Crippen LogP contribution in [-0.2, 0) is 13.1 Å². The van der Waals surface area contributed by atoms with Gasteiger partial charge in [0.25, 0.3) is 0 Å². The second-order valence-corrected chi connectivity index (χ2v) is 5.07. The van der Waals surface area contributed by atoms with Gasteiger partial charge in [0.2, 0.25) is 0 Å². The lowest BCUT2D eigenvalue weighted by atomic mass is 10.4. The van der Waals surface area contributed by atoms with Gasteiger partial charge in [-0.05, 0) is 25.5 Å². The predicted molar refractivity (Wildman–Crippen MR) is 68.9 cm³/mol. The molecule has 2 rings (SSSR count). The number of hydrogen-bond acceptors (Lipinski definition) is 3. The maximum Gasteiger partial charge on any atom is 0.176 e. The van der Waals surface area contributed by atoms with E-state index >= 15 is 0 Å². The summed E-state index contributed by atoms with van der Waals surface area (Å²) in [5.74, 6) is 0.852. The molecule has 2 aromatic heterocycles. The van der Waals surface area contributed by atoms with Gasteiger partial charge in [-0.3, -0.25) is 4.68 Å². The lowest BCUT2D eigenvalue weighted by Gasteiger charge is -2.01. The Morgan fingerprint density at radius 3 is 2.94 bits per heavy atom. The van der Waals surface area contributed by atoms with Gasteiger partial charge in [-0.2, -0.15) is 9.49 Å². The molecule has 0 saturated heterocycles. The van der Waals surface area contributed by atoms with E-state index in [1.807, 2.05) is 17.7 Å². The van der Waals surface area contributed by atoms with Crippen LogP contribution in [0.25, 0.3) is 0 Å². The molecule has 0 aliphatic rings. The Hall–Kier alpha value is -1.36. The summed E-state index contributed by atoms with van der Waals surface area (Å²) >= 11 is 1.16. The van der Waals surface area contributed by atoms with E-state index in [9.17, 15) is 4.39 Å². The minimum Gasteiger partial charge on any atom is -0.364 e. The van der Waals surface area contributed by atoms with Crippen molar-refractivity contribution in [1.29, 1.82) is 0 Å². The van der Waals surface area contributed by atoms with Crippen LogP contribution in [0.5, 0.6) is 0 Å². The Balaban J connectivity index is 1.97. The largest absolute Gasteiger partial charge is 0.364 e. The summed E-state index contributed by atoms with van der Waals surface area (Å²) in [5.41, 5.74) is 1.15. The molecule has 3 nitrogen and oxygen atoms in total. The van der Waals surface area contributed by atoms with Crippen LogP contribution in [0.1, 0.15) is 23.9 Å². The van der Waals surface area contributed by atoms with Gasteiger partial charge < -0.3 is 5.32 Å². The molecule has 0 bridgehead atoms. The Labute approximate surface area is 104 Å². The summed E-state index contributed by atoms with van der Waals surface area (Å²) in [5, 5.41) is 7.50. The molecule has 0 atom stereocenters. The van der Waals surface area contributed by atoms with Crippen molar-refractivity contribution in [3.8, 4) is 0 Å². The second-order valence-electron chi connectivity index (χ2n) is 3.95. The average Bonchev–Trinajstić information content (AvgIpc) is 2.84. The molecule has 0 radical (unpaired) electrons. The van der Waals surface area contributed by atoms with Gasteiger partial charge in [0, 0.05) is 23.2 Å². The Bertz CT molecular complexity index is 490. The lowest BCUT2D eigenvalue weighted by Crippen LogP contribution is -2.03. The fraction of sp³-hybridized carbons (Fsp3) is 0.417. The molecule has 92 valence electrons. The number of aryl methyl sites for hydroxylation is 2. The van der Waals surface area contributed by atoms with Crippen molar-refractivity contribution < 1.29 is 4.39 Å². The highest BCUT2D eigenvalue weighted by atomic mass is 32.1. The molecule has 0 saturated carbocycles. The highest BCUT2D eigenvalue weighted by Gasteiger charge is 2.04. The van der Waals surface area contributed by atoms with Crippen molar-refractivity contribution in [2.45, 2.75) is 33.4 Å². The molecular formula is C12H16FN3S. The Kier molecular flexibility index (Phi) is 3.78. The van der Waals surface area contributed by atoms with Crippen molar-refractivity contribution in [1.82, 2.24) is 9.78 Å². The van der Waals surface area contributed by atoms with E-state index in [1.165, 1.54) is 6.07 Å². The fourth-order valence-corrected chi connectivity index (χ4v) is 2.33. The van der Waals surface area contributed by atoms with Gasteiger partial charge in [-0.15, -0.1) is 11.3 Å². The third kappa shape index (κ3) is 3.06. The first-order valence-electron chi connectivity index (χ1n) is 5.71. The van der Waals surface area contributed by atoms with Crippen LogP contribution in [0.2, 0.25) is 0 Å². The Morgan fingerprint density at radius 2 is 2.29 bits per heavy atom. The van der Waals surface area contributed by atoms with E-state index in [4.69, 9.17) is 0 Å². The third-order valence-electron chi connectivity index (χ3n) is 2.49. The quantitative estimate of drug-likeness (QED) is 0.885. The second kappa shape index (κ2) is 5.31. The molecule has 0 aromatic carbocycles. The van der Waals surface area contributed by atoms with Gasteiger partial charge in [-0.25, -0.2) is 0 Å². The van der Waals surface area contributed by atoms with E-state index in [1.54, 1.807) is 6.07 Å². The predicted octanol–water partition coefficient (Wildman–Crippen LogP) is 3.41. The minimum absolute atomic E-state index is 0.144. The molecule has 2 heterocycles. The summed E-state index contributed by atoms with van der Waals surface area (Å²) in [4.78, 5) is 0.977. The van der Waals surface area contributed by atoms with Crippen LogP contribution >= 0.6 is 11.3 Å².